The summed E-state index contributed by atoms with van der Waals surface area (Å²) in [4.78, 5) is 29.2. The van der Waals surface area contributed by atoms with Crippen molar-refractivity contribution in [3.8, 4) is 0 Å². The number of carbonyl (C=O) groups is 2. The van der Waals surface area contributed by atoms with Gasteiger partial charge in [0.25, 0.3) is 0 Å². The van der Waals surface area contributed by atoms with Crippen LogP contribution in [0.3, 0.4) is 0 Å². The Labute approximate surface area is 148 Å². The molecule has 3 aliphatic carbocycles. The monoisotopic (exact) mass is 342 g/mol. The molecule has 0 unspecified atom stereocenters. The lowest BCUT2D eigenvalue weighted by Gasteiger charge is -2.48. The average molecular weight is 342 g/mol. The van der Waals surface area contributed by atoms with E-state index in [0.717, 1.165) is 38.8 Å². The van der Waals surface area contributed by atoms with Crippen LogP contribution in [0.25, 0.3) is 0 Å². The van der Waals surface area contributed by atoms with Gasteiger partial charge in [-0.2, -0.15) is 0 Å². The molecule has 1 N–H and O–H groups in total. The Balaban J connectivity index is 1.44. The second-order valence-electron chi connectivity index (χ2n) is 7.71. The molecule has 4 aliphatic rings. The van der Waals surface area contributed by atoms with Crippen molar-refractivity contribution in [1.82, 2.24) is 4.90 Å². The molecule has 5 rings (SSSR count). The molecule has 1 aromatic rings. The Morgan fingerprint density at radius 2 is 1.40 bits per heavy atom. The zero-order valence-corrected chi connectivity index (χ0v) is 14.5. The Morgan fingerprint density at radius 1 is 0.840 bits per heavy atom. The molecule has 1 aromatic carbocycles. The highest BCUT2D eigenvalue weighted by molar-refractivity contribution is 5.86. The summed E-state index contributed by atoms with van der Waals surface area (Å²) in [6.07, 6.45) is 4.00. The summed E-state index contributed by atoms with van der Waals surface area (Å²) >= 11 is 0. The maximum Gasteiger partial charge on any atom is 0.307 e. The number of amides is 1. The topological polar surface area (TPSA) is 60.9 Å². The highest BCUT2D eigenvalue weighted by atomic mass is 16.4. The van der Waals surface area contributed by atoms with Crippen molar-refractivity contribution < 1.29 is 14.7 Å². The van der Waals surface area contributed by atoms with Gasteiger partial charge < -0.3 is 14.9 Å². The van der Waals surface area contributed by atoms with Gasteiger partial charge in [0.2, 0.25) is 5.91 Å². The molecule has 2 atom stereocenters. The third-order valence-electron chi connectivity index (χ3n) is 6.50. The standard InChI is InChI=1S/C20H26N2O3/c23-19(17-14-6-8-15(9-7-14)18(17)20(24)25)22-12-10-21(11-13-22)16-4-2-1-3-5-16/h1-5,14-15,17-18H,6-13H2,(H,24,25)/t14?,15?,17-,18+/m0/s1. The minimum Gasteiger partial charge on any atom is -0.481 e. The Kier molecular flexibility index (Phi) is 4.40. The van der Waals surface area contributed by atoms with Gasteiger partial charge >= 0.3 is 5.97 Å². The highest BCUT2D eigenvalue weighted by Gasteiger charge is 2.51. The van der Waals surface area contributed by atoms with Gasteiger partial charge in [-0.15, -0.1) is 0 Å². The van der Waals surface area contributed by atoms with E-state index < -0.39 is 11.9 Å². The molecule has 1 saturated heterocycles. The first-order valence-corrected chi connectivity index (χ1v) is 9.47. The number of carbonyl (C=O) groups excluding carboxylic acids is 1. The van der Waals surface area contributed by atoms with Crippen LogP contribution < -0.4 is 4.90 Å². The van der Waals surface area contributed by atoms with Gasteiger partial charge in [0.1, 0.15) is 0 Å². The van der Waals surface area contributed by atoms with E-state index in [4.69, 9.17) is 0 Å². The van der Waals surface area contributed by atoms with E-state index in [1.165, 1.54) is 5.69 Å². The maximum atomic E-state index is 13.1. The van der Waals surface area contributed by atoms with E-state index in [1.54, 1.807) is 0 Å². The van der Waals surface area contributed by atoms with Gasteiger partial charge in [-0.3, -0.25) is 9.59 Å². The molecule has 0 radical (unpaired) electrons. The van der Waals surface area contributed by atoms with Gasteiger partial charge in [-0.1, -0.05) is 18.2 Å². The van der Waals surface area contributed by atoms with Gasteiger partial charge in [0.05, 0.1) is 11.8 Å². The predicted molar refractivity (Wildman–Crippen MR) is 95.3 cm³/mol. The predicted octanol–water partition coefficient (Wildman–Crippen LogP) is 2.47. The number of benzene rings is 1. The average Bonchev–Trinajstić information content (AvgIpc) is 2.68. The first kappa shape index (κ1) is 16.4. The Hall–Kier alpha value is -2.04. The van der Waals surface area contributed by atoms with Crippen molar-refractivity contribution in [2.24, 2.45) is 23.7 Å². The minimum atomic E-state index is -0.768. The fourth-order valence-electron chi connectivity index (χ4n) is 5.19. The van der Waals surface area contributed by atoms with E-state index in [2.05, 4.69) is 17.0 Å². The largest absolute Gasteiger partial charge is 0.481 e. The van der Waals surface area contributed by atoms with E-state index in [1.807, 2.05) is 23.1 Å². The number of nitrogens with zero attached hydrogens (tertiary/aromatic N) is 2. The number of carboxylic acid groups (broad SMARTS) is 1. The molecular formula is C20H26N2O3. The molecule has 1 amide bonds. The quantitative estimate of drug-likeness (QED) is 0.917. The van der Waals surface area contributed by atoms with Gasteiger partial charge in [0, 0.05) is 31.9 Å². The molecule has 0 aromatic heterocycles. The lowest BCUT2D eigenvalue weighted by molar-refractivity contribution is -0.162. The summed E-state index contributed by atoms with van der Waals surface area (Å²) in [6, 6.07) is 10.3. The van der Waals surface area contributed by atoms with Gasteiger partial charge in [0.15, 0.2) is 0 Å². The molecule has 3 saturated carbocycles. The highest BCUT2D eigenvalue weighted by Crippen LogP contribution is 2.49. The number of piperazine rings is 1. The van der Waals surface area contributed by atoms with Crippen LogP contribution in [0.1, 0.15) is 25.7 Å². The molecule has 134 valence electrons. The third-order valence-corrected chi connectivity index (χ3v) is 6.50. The van der Waals surface area contributed by atoms with Crippen LogP contribution in [0.15, 0.2) is 30.3 Å². The minimum absolute atomic E-state index is 0.0921. The van der Waals surface area contributed by atoms with Crippen molar-refractivity contribution in [2.75, 3.05) is 31.1 Å². The summed E-state index contributed by atoms with van der Waals surface area (Å²) in [5.74, 6) is -0.974. The summed E-state index contributed by atoms with van der Waals surface area (Å²) in [5, 5.41) is 9.69. The number of para-hydroxylation sites is 1. The summed E-state index contributed by atoms with van der Waals surface area (Å²) in [5.41, 5.74) is 1.19. The smallest absolute Gasteiger partial charge is 0.307 e. The van der Waals surface area contributed by atoms with E-state index >= 15 is 0 Å². The maximum absolute atomic E-state index is 13.1. The number of aliphatic carboxylic acids is 1. The molecule has 4 fully saturated rings. The van der Waals surface area contributed by atoms with Crippen LogP contribution in [-0.4, -0.2) is 48.1 Å². The number of rotatable bonds is 3. The van der Waals surface area contributed by atoms with Crippen LogP contribution in [0.2, 0.25) is 0 Å². The van der Waals surface area contributed by atoms with Crippen molar-refractivity contribution in [1.29, 1.82) is 0 Å². The number of hydrogen-bond acceptors (Lipinski definition) is 3. The zero-order chi connectivity index (χ0) is 17.4. The van der Waals surface area contributed by atoms with Gasteiger partial charge in [-0.05, 0) is 49.7 Å². The van der Waals surface area contributed by atoms with Crippen LogP contribution in [0.5, 0.6) is 0 Å². The fraction of sp³-hybridized carbons (Fsp3) is 0.600. The lowest BCUT2D eigenvalue weighted by atomic mass is 9.58. The molecule has 1 heterocycles. The molecule has 5 heteroatoms. The first-order valence-electron chi connectivity index (χ1n) is 9.47. The van der Waals surface area contributed by atoms with E-state index in [0.29, 0.717) is 13.1 Å². The Bertz CT molecular complexity index is 632. The summed E-state index contributed by atoms with van der Waals surface area (Å²) < 4.78 is 0. The Morgan fingerprint density at radius 3 is 1.96 bits per heavy atom. The normalized spacial score (nSPS) is 31.8. The van der Waals surface area contributed by atoms with Crippen LogP contribution in [0.4, 0.5) is 5.69 Å². The second-order valence-corrected chi connectivity index (χ2v) is 7.71. The molecule has 5 nitrogen and oxygen atoms in total. The number of fused-ring (bicyclic) bond motifs is 3. The van der Waals surface area contributed by atoms with Crippen LogP contribution in [0, 0.1) is 23.7 Å². The third kappa shape index (κ3) is 3.00. The van der Waals surface area contributed by atoms with Crippen LogP contribution in [-0.2, 0) is 9.59 Å². The van der Waals surface area contributed by atoms with Crippen molar-refractivity contribution >= 4 is 17.6 Å². The summed E-state index contributed by atoms with van der Waals surface area (Å²) in [7, 11) is 0. The van der Waals surface area contributed by atoms with E-state index in [9.17, 15) is 14.7 Å². The van der Waals surface area contributed by atoms with Crippen molar-refractivity contribution in [3.05, 3.63) is 30.3 Å². The molecule has 1 aliphatic heterocycles. The molecule has 2 bridgehead atoms. The molecule has 25 heavy (non-hydrogen) atoms. The summed E-state index contributed by atoms with van der Waals surface area (Å²) in [6.45, 7) is 3.00. The first-order chi connectivity index (χ1) is 12.1. The number of anilines is 1. The number of carboxylic acids is 1. The number of hydrogen-bond donors (Lipinski definition) is 1. The van der Waals surface area contributed by atoms with Crippen molar-refractivity contribution in [2.45, 2.75) is 25.7 Å². The van der Waals surface area contributed by atoms with E-state index in [-0.39, 0.29) is 23.7 Å². The zero-order valence-electron chi connectivity index (χ0n) is 14.5. The molecule has 0 spiro atoms. The van der Waals surface area contributed by atoms with Crippen LogP contribution >= 0.6 is 0 Å². The fourth-order valence-corrected chi connectivity index (χ4v) is 5.19. The SMILES string of the molecule is O=C(O)[C@@H]1C2CCC(CC2)[C@@H]1C(=O)N1CCN(c2ccccc2)CC1. The molecular weight excluding hydrogens is 316 g/mol. The van der Waals surface area contributed by atoms with Crippen molar-refractivity contribution in [3.63, 3.8) is 0 Å². The lowest BCUT2D eigenvalue weighted by Crippen LogP contribution is -2.56. The second kappa shape index (κ2) is 6.70. The van der Waals surface area contributed by atoms with Gasteiger partial charge in [-0.25, -0.2) is 0 Å².